The van der Waals surface area contributed by atoms with Gasteiger partial charge in [-0.1, -0.05) is 28.1 Å². The summed E-state index contributed by atoms with van der Waals surface area (Å²) < 4.78 is 1.09. The number of benzene rings is 2. The van der Waals surface area contributed by atoms with Crippen molar-refractivity contribution in [2.24, 2.45) is 5.92 Å². The van der Waals surface area contributed by atoms with E-state index in [0.717, 1.165) is 27.1 Å². The van der Waals surface area contributed by atoms with Crippen LogP contribution in [0.15, 0.2) is 62.8 Å². The van der Waals surface area contributed by atoms with Crippen molar-refractivity contribution in [3.8, 4) is 0 Å². The zero-order chi connectivity index (χ0) is 15.1. The lowest BCUT2D eigenvalue weighted by Gasteiger charge is -1.99. The van der Waals surface area contributed by atoms with E-state index in [2.05, 4.69) is 28.6 Å². The van der Waals surface area contributed by atoms with E-state index in [1.165, 1.54) is 23.5 Å². The van der Waals surface area contributed by atoms with Crippen molar-refractivity contribution in [2.75, 3.05) is 5.75 Å². The summed E-state index contributed by atoms with van der Waals surface area (Å²) in [6.45, 7) is 0. The molecular formula is C17H17BrOS2. The highest BCUT2D eigenvalue weighted by atomic mass is 79.9. The van der Waals surface area contributed by atoms with Crippen LogP contribution < -0.4 is 0 Å². The molecule has 2 aromatic carbocycles. The lowest BCUT2D eigenvalue weighted by molar-refractivity contribution is 0.112. The monoisotopic (exact) mass is 380 g/mol. The molecule has 4 heteroatoms. The minimum Gasteiger partial charge on any atom is -0.298 e. The Labute approximate surface area is 144 Å². The number of aldehydes is 1. The molecule has 0 aromatic heterocycles. The van der Waals surface area contributed by atoms with Crippen molar-refractivity contribution in [3.05, 3.63) is 58.6 Å². The topological polar surface area (TPSA) is 17.1 Å². The van der Waals surface area contributed by atoms with Crippen LogP contribution in [0.2, 0.25) is 0 Å². The molecule has 0 amide bonds. The van der Waals surface area contributed by atoms with Crippen LogP contribution in [0.4, 0.5) is 0 Å². The number of hydrogen-bond acceptors (Lipinski definition) is 3. The van der Waals surface area contributed by atoms with Gasteiger partial charge >= 0.3 is 0 Å². The van der Waals surface area contributed by atoms with E-state index < -0.39 is 0 Å². The molecule has 1 aliphatic rings. The molecule has 0 N–H and O–H groups in total. The summed E-state index contributed by atoms with van der Waals surface area (Å²) in [4.78, 5) is 12.7. The number of rotatable bonds is 4. The van der Waals surface area contributed by atoms with Gasteiger partial charge in [-0.15, -0.1) is 24.4 Å². The normalized spacial score (nSPS) is 13.2. The van der Waals surface area contributed by atoms with E-state index in [-0.39, 0.29) is 0 Å². The fraction of sp³-hybridized carbons (Fsp3) is 0.235. The third kappa shape index (κ3) is 6.72. The fourth-order valence-corrected chi connectivity index (χ4v) is 3.09. The minimum absolute atomic E-state index is 0.760. The Morgan fingerprint density at radius 1 is 1.10 bits per heavy atom. The first-order valence-corrected chi connectivity index (χ1v) is 9.02. The van der Waals surface area contributed by atoms with Gasteiger partial charge in [-0.05, 0) is 55.2 Å². The van der Waals surface area contributed by atoms with E-state index in [1.807, 2.05) is 60.3 Å². The van der Waals surface area contributed by atoms with Gasteiger partial charge in [0.05, 0.1) is 0 Å². The van der Waals surface area contributed by atoms with Gasteiger partial charge in [0.15, 0.2) is 0 Å². The standard InChI is InChI=1S/C11H12OS.C6H5BrS/c12-7-9-3-5-11(6-4-9)13-8-10-1-2-10;7-5-1-3-6(8)4-2-5/h3-7,10H,1-2,8H2;1-4,8H. The van der Waals surface area contributed by atoms with Crippen LogP contribution in [0.5, 0.6) is 0 Å². The number of thiol groups is 1. The zero-order valence-corrected chi connectivity index (χ0v) is 14.8. The number of halogens is 1. The maximum Gasteiger partial charge on any atom is 0.150 e. The maximum atomic E-state index is 10.4. The van der Waals surface area contributed by atoms with Gasteiger partial charge < -0.3 is 0 Å². The highest BCUT2D eigenvalue weighted by Crippen LogP contribution is 2.34. The van der Waals surface area contributed by atoms with Crippen LogP contribution in [-0.2, 0) is 0 Å². The van der Waals surface area contributed by atoms with Gasteiger partial charge in [-0.2, -0.15) is 0 Å². The summed E-state index contributed by atoms with van der Waals surface area (Å²) in [5.74, 6) is 2.19. The molecule has 2 aromatic rings. The van der Waals surface area contributed by atoms with E-state index in [1.54, 1.807) is 0 Å². The number of carbonyl (C=O) groups excluding carboxylic acids is 1. The molecule has 3 rings (SSSR count). The second-order valence-electron chi connectivity index (χ2n) is 4.92. The fourth-order valence-electron chi connectivity index (χ4n) is 1.58. The molecule has 0 radical (unpaired) electrons. The Hall–Kier alpha value is -0.710. The second-order valence-corrected chi connectivity index (χ2v) is 7.44. The van der Waals surface area contributed by atoms with Crippen molar-refractivity contribution in [2.45, 2.75) is 22.6 Å². The molecule has 0 heterocycles. The SMILES string of the molecule is O=Cc1ccc(SCC2CC2)cc1.Sc1ccc(Br)cc1. The molecule has 1 aliphatic carbocycles. The predicted molar refractivity (Wildman–Crippen MR) is 96.7 cm³/mol. The predicted octanol–water partition coefficient (Wildman–Crippen LogP) is 5.74. The number of carbonyl (C=O) groups is 1. The van der Waals surface area contributed by atoms with Crippen molar-refractivity contribution in [1.82, 2.24) is 0 Å². The van der Waals surface area contributed by atoms with Crippen LogP contribution in [0, 0.1) is 5.92 Å². The Balaban J connectivity index is 0.000000173. The maximum absolute atomic E-state index is 10.4. The summed E-state index contributed by atoms with van der Waals surface area (Å²) >= 11 is 9.32. The van der Waals surface area contributed by atoms with Crippen LogP contribution in [0.1, 0.15) is 23.2 Å². The van der Waals surface area contributed by atoms with Gasteiger partial charge in [0, 0.05) is 25.6 Å². The summed E-state index contributed by atoms with van der Waals surface area (Å²) in [6.07, 6.45) is 3.69. The van der Waals surface area contributed by atoms with E-state index in [0.29, 0.717) is 0 Å². The van der Waals surface area contributed by atoms with Crippen molar-refractivity contribution < 1.29 is 4.79 Å². The molecule has 1 saturated carbocycles. The molecule has 0 spiro atoms. The third-order valence-electron chi connectivity index (χ3n) is 3.03. The summed E-state index contributed by atoms with van der Waals surface area (Å²) in [5.41, 5.74) is 0.760. The van der Waals surface area contributed by atoms with Crippen LogP contribution >= 0.6 is 40.3 Å². The molecule has 0 bridgehead atoms. The van der Waals surface area contributed by atoms with Gasteiger partial charge in [0.25, 0.3) is 0 Å². The average molecular weight is 381 g/mol. The molecule has 1 fully saturated rings. The lowest BCUT2D eigenvalue weighted by atomic mass is 10.2. The first kappa shape index (κ1) is 16.7. The van der Waals surface area contributed by atoms with Crippen LogP contribution in [0.3, 0.4) is 0 Å². The highest BCUT2D eigenvalue weighted by Gasteiger charge is 2.20. The molecule has 0 aliphatic heterocycles. The Morgan fingerprint density at radius 2 is 1.71 bits per heavy atom. The molecule has 110 valence electrons. The Morgan fingerprint density at radius 3 is 2.19 bits per heavy atom. The third-order valence-corrected chi connectivity index (χ3v) is 5.10. The molecule has 0 atom stereocenters. The average Bonchev–Trinajstić information content (AvgIpc) is 3.34. The molecule has 21 heavy (non-hydrogen) atoms. The largest absolute Gasteiger partial charge is 0.298 e. The van der Waals surface area contributed by atoms with Crippen LogP contribution in [-0.4, -0.2) is 12.0 Å². The zero-order valence-electron chi connectivity index (χ0n) is 11.5. The second kappa shape index (κ2) is 8.66. The molecule has 0 unspecified atom stereocenters. The van der Waals surface area contributed by atoms with Crippen molar-refractivity contribution >= 4 is 46.6 Å². The van der Waals surface area contributed by atoms with Gasteiger partial charge in [0.1, 0.15) is 6.29 Å². The minimum atomic E-state index is 0.760. The summed E-state index contributed by atoms with van der Waals surface area (Å²) in [5, 5.41) is 0. The van der Waals surface area contributed by atoms with E-state index >= 15 is 0 Å². The number of thioether (sulfide) groups is 1. The van der Waals surface area contributed by atoms with E-state index in [4.69, 9.17) is 0 Å². The van der Waals surface area contributed by atoms with E-state index in [9.17, 15) is 4.79 Å². The molecule has 1 nitrogen and oxygen atoms in total. The van der Waals surface area contributed by atoms with Crippen molar-refractivity contribution in [3.63, 3.8) is 0 Å². The first-order valence-electron chi connectivity index (χ1n) is 6.80. The highest BCUT2D eigenvalue weighted by molar-refractivity contribution is 9.10. The quantitative estimate of drug-likeness (QED) is 0.413. The smallest absolute Gasteiger partial charge is 0.150 e. The van der Waals surface area contributed by atoms with Gasteiger partial charge in [0.2, 0.25) is 0 Å². The molecule has 0 saturated heterocycles. The number of hydrogen-bond donors (Lipinski definition) is 1. The van der Waals surface area contributed by atoms with Crippen molar-refractivity contribution in [1.29, 1.82) is 0 Å². The Kier molecular flexibility index (Phi) is 6.87. The summed E-state index contributed by atoms with van der Waals surface area (Å²) in [7, 11) is 0. The Bertz CT molecular complexity index is 541. The lowest BCUT2D eigenvalue weighted by Crippen LogP contribution is -1.82. The van der Waals surface area contributed by atoms with Gasteiger partial charge in [-0.3, -0.25) is 4.79 Å². The molecular weight excluding hydrogens is 364 g/mol. The van der Waals surface area contributed by atoms with Crippen LogP contribution in [0.25, 0.3) is 0 Å². The summed E-state index contributed by atoms with van der Waals surface area (Å²) in [6, 6.07) is 15.6. The first-order chi connectivity index (χ1) is 10.2. The van der Waals surface area contributed by atoms with Gasteiger partial charge in [-0.25, -0.2) is 0 Å².